The molecule has 0 aromatic heterocycles. The van der Waals surface area contributed by atoms with Gasteiger partial charge in [-0.1, -0.05) is 42.1 Å². The summed E-state index contributed by atoms with van der Waals surface area (Å²) in [6, 6.07) is 8.02. The summed E-state index contributed by atoms with van der Waals surface area (Å²) in [5.74, 6) is -0.670. The molecule has 7 nitrogen and oxygen atoms in total. The van der Waals surface area contributed by atoms with E-state index < -0.39 is 39.6 Å². The molecule has 3 unspecified atom stereocenters. The number of hydrogen-bond donors (Lipinski definition) is 2. The van der Waals surface area contributed by atoms with Crippen LogP contribution in [0.1, 0.15) is 32.4 Å². The van der Waals surface area contributed by atoms with Crippen molar-refractivity contribution in [3.8, 4) is 0 Å². The van der Waals surface area contributed by atoms with E-state index in [4.69, 9.17) is 0 Å². The Morgan fingerprint density at radius 1 is 1.27 bits per heavy atom. The maximum absolute atomic E-state index is 13.2. The fraction of sp³-hybridized carbons (Fsp3) is 0.389. The number of rotatable bonds is 2. The molecule has 0 radical (unpaired) electrons. The minimum Gasteiger partial charge on any atom is -0.435 e. The number of nitrogens with one attached hydrogen (secondary N) is 1. The number of fused-ring (bicyclic) bond motifs is 1. The van der Waals surface area contributed by atoms with Crippen molar-refractivity contribution in [2.24, 2.45) is 0 Å². The van der Waals surface area contributed by atoms with Crippen LogP contribution in [0.4, 0.5) is 4.79 Å². The summed E-state index contributed by atoms with van der Waals surface area (Å²) in [7, 11) is 0. The molecule has 2 N–H and O–H groups in total. The zero-order chi connectivity index (χ0) is 18.9. The molecule has 1 aromatic carbocycles. The van der Waals surface area contributed by atoms with Crippen LogP contribution in [0.3, 0.4) is 0 Å². The Hall–Kier alpha value is -2.16. The first kappa shape index (κ1) is 17.3. The van der Waals surface area contributed by atoms with E-state index in [9.17, 15) is 19.5 Å². The van der Waals surface area contributed by atoms with Gasteiger partial charge in [-0.05, 0) is 26.3 Å². The average molecular weight is 374 g/mol. The Balaban J connectivity index is 1.70. The van der Waals surface area contributed by atoms with Gasteiger partial charge >= 0.3 is 12.0 Å². The quantitative estimate of drug-likeness (QED) is 0.610. The summed E-state index contributed by atoms with van der Waals surface area (Å²) < 4.78 is -0.725. The van der Waals surface area contributed by atoms with Gasteiger partial charge < -0.3 is 10.0 Å². The monoisotopic (exact) mass is 374 g/mol. The van der Waals surface area contributed by atoms with E-state index in [1.807, 2.05) is 44.2 Å². The molecule has 0 saturated carbocycles. The Labute approximate surface area is 155 Å². The van der Waals surface area contributed by atoms with Gasteiger partial charge in [0.05, 0.1) is 5.66 Å². The molecule has 2 saturated heterocycles. The lowest BCUT2D eigenvalue weighted by atomic mass is 9.98. The molecule has 3 aliphatic heterocycles. The maximum Gasteiger partial charge on any atom is 0.527 e. The van der Waals surface area contributed by atoms with Crippen molar-refractivity contribution in [2.75, 3.05) is 0 Å². The zero-order valence-corrected chi connectivity index (χ0v) is 15.5. The highest BCUT2D eigenvalue weighted by Gasteiger charge is 2.75. The summed E-state index contributed by atoms with van der Waals surface area (Å²) in [6.45, 7) is 5.47. The van der Waals surface area contributed by atoms with Gasteiger partial charge in [0.15, 0.2) is 5.37 Å². The molecule has 3 heterocycles. The number of hydrogen-bond acceptors (Lipinski definition) is 5. The van der Waals surface area contributed by atoms with Crippen LogP contribution in [0.25, 0.3) is 0 Å². The Morgan fingerprint density at radius 3 is 2.54 bits per heavy atom. The summed E-state index contributed by atoms with van der Waals surface area (Å²) in [5.41, 5.74) is 0.0658. The lowest BCUT2D eigenvalue weighted by molar-refractivity contribution is -0.773. The topological polar surface area (TPSA) is 86.7 Å². The predicted octanol–water partition coefficient (Wildman–Crippen LogP) is 2.23. The van der Waals surface area contributed by atoms with Crippen LogP contribution in [0, 0.1) is 0 Å². The van der Waals surface area contributed by atoms with Crippen LogP contribution in [0.2, 0.25) is 0 Å². The van der Waals surface area contributed by atoms with Crippen LogP contribution in [-0.4, -0.2) is 49.5 Å². The number of benzene rings is 1. The Morgan fingerprint density at radius 2 is 1.92 bits per heavy atom. The van der Waals surface area contributed by atoms with Crippen LogP contribution < -0.4 is 5.32 Å². The highest BCUT2D eigenvalue weighted by Crippen LogP contribution is 2.52. The lowest BCUT2D eigenvalue weighted by Gasteiger charge is -2.49. The number of imide groups is 1. The van der Waals surface area contributed by atoms with Gasteiger partial charge in [0.1, 0.15) is 12.2 Å². The fourth-order valence-corrected chi connectivity index (χ4v) is 5.55. The van der Waals surface area contributed by atoms with E-state index >= 15 is 0 Å². The number of amides is 3. The molecule has 3 amide bonds. The van der Waals surface area contributed by atoms with E-state index in [0.717, 1.165) is 10.5 Å². The van der Waals surface area contributed by atoms with Gasteiger partial charge in [-0.2, -0.15) is 4.79 Å². The highest BCUT2D eigenvalue weighted by atomic mass is 32.2. The van der Waals surface area contributed by atoms with Gasteiger partial charge in [-0.25, -0.2) is 4.79 Å². The third kappa shape index (κ3) is 2.06. The molecule has 2 fully saturated rings. The molecule has 3 aliphatic rings. The molecule has 0 aliphatic carbocycles. The maximum atomic E-state index is 13.2. The molecule has 4 rings (SSSR count). The number of carboxylic acid groups (broad SMARTS) is 1. The van der Waals surface area contributed by atoms with Crippen molar-refractivity contribution in [2.45, 2.75) is 43.9 Å². The van der Waals surface area contributed by atoms with Crippen molar-refractivity contribution in [1.82, 2.24) is 10.2 Å². The zero-order valence-electron chi connectivity index (χ0n) is 14.7. The van der Waals surface area contributed by atoms with E-state index in [-0.39, 0.29) is 5.91 Å². The summed E-state index contributed by atoms with van der Waals surface area (Å²) in [6.07, 6.45) is 0.282. The van der Waals surface area contributed by atoms with E-state index in [1.165, 1.54) is 22.9 Å². The molecule has 136 valence electrons. The number of thioether (sulfide) groups is 1. The summed E-state index contributed by atoms with van der Waals surface area (Å²) in [5, 5.41) is 12.4. The van der Waals surface area contributed by atoms with Gasteiger partial charge in [-0.3, -0.25) is 10.1 Å². The van der Waals surface area contributed by atoms with E-state index in [0.29, 0.717) is 0 Å². The number of allylic oxidation sites excluding steroid dienone is 1. The first-order valence-electron chi connectivity index (χ1n) is 8.38. The molecule has 8 heteroatoms. The second-order valence-electron chi connectivity index (χ2n) is 7.35. The number of carbonyl (C=O) groups is 3. The number of quaternary nitrogens is 1. The second kappa shape index (κ2) is 5.42. The van der Waals surface area contributed by atoms with Crippen molar-refractivity contribution in [1.29, 1.82) is 0 Å². The van der Waals surface area contributed by atoms with E-state index in [1.54, 1.807) is 6.92 Å². The average Bonchev–Trinajstić information content (AvgIpc) is 3.03. The third-order valence-corrected chi connectivity index (χ3v) is 6.60. The largest absolute Gasteiger partial charge is 0.527 e. The molecule has 4 atom stereocenters. The van der Waals surface area contributed by atoms with Gasteiger partial charge in [-0.15, -0.1) is 4.48 Å². The van der Waals surface area contributed by atoms with E-state index in [2.05, 4.69) is 5.32 Å². The van der Waals surface area contributed by atoms with Crippen molar-refractivity contribution < 1.29 is 24.0 Å². The van der Waals surface area contributed by atoms with Crippen molar-refractivity contribution in [3.05, 3.63) is 47.0 Å². The predicted molar refractivity (Wildman–Crippen MR) is 95.5 cm³/mol. The fourth-order valence-electron chi connectivity index (χ4n) is 4.15. The van der Waals surface area contributed by atoms with Crippen LogP contribution >= 0.6 is 11.8 Å². The Kier molecular flexibility index (Phi) is 3.60. The first-order chi connectivity index (χ1) is 12.2. The third-order valence-electron chi connectivity index (χ3n) is 5.29. The molecule has 1 aromatic rings. The number of nitrogens with zero attached hydrogens (tertiary/aromatic N) is 2. The molecular formula is C18H20N3O4S+. The minimum absolute atomic E-state index is 0.201. The molecule has 0 spiro atoms. The summed E-state index contributed by atoms with van der Waals surface area (Å²) >= 11 is 1.35. The molecular weight excluding hydrogens is 354 g/mol. The van der Waals surface area contributed by atoms with Gasteiger partial charge in [0, 0.05) is 4.91 Å². The van der Waals surface area contributed by atoms with Crippen molar-refractivity contribution >= 4 is 29.7 Å². The summed E-state index contributed by atoms with van der Waals surface area (Å²) in [4.78, 5) is 40.2. The minimum atomic E-state index is -1.20. The van der Waals surface area contributed by atoms with Gasteiger partial charge in [0.2, 0.25) is 11.9 Å². The number of carbonyl (C=O) groups excluding carboxylic acids is 2. The Bertz CT molecular complexity index is 853. The first-order valence-corrected chi connectivity index (χ1v) is 9.26. The lowest BCUT2D eigenvalue weighted by Crippen LogP contribution is -2.80. The SMILES string of the molecule is CC1=C[N+]2(C(=O)O)C(=O)C(N3C(=O)C(c4ccccc4)NC3(C)C)[C@@H]2S1. The molecule has 26 heavy (non-hydrogen) atoms. The van der Waals surface area contributed by atoms with Crippen LogP contribution in [0.5, 0.6) is 0 Å². The van der Waals surface area contributed by atoms with Gasteiger partial charge in [0.25, 0.3) is 0 Å². The normalized spacial score (nSPS) is 35.1. The van der Waals surface area contributed by atoms with Crippen LogP contribution in [-0.2, 0) is 9.59 Å². The molecule has 0 bridgehead atoms. The van der Waals surface area contributed by atoms with Crippen molar-refractivity contribution in [3.63, 3.8) is 0 Å². The second-order valence-corrected chi connectivity index (χ2v) is 8.71. The van der Waals surface area contributed by atoms with Crippen LogP contribution in [0.15, 0.2) is 41.4 Å². The number of β-lactam (4-membered cyclic amide) rings is 1. The standard InChI is InChI=1S/C18H19N3O4S/c1-10-9-21(17(24)25)15(23)13(16(21)26-10)20-14(22)12(19-18(20,2)3)11-7-5-4-6-8-11/h4-9,12-13,16,19H,1-3H3/p+1/t12?,13?,16-,21?/m0/s1. The smallest absolute Gasteiger partial charge is 0.435 e. The highest BCUT2D eigenvalue weighted by molar-refractivity contribution is 8.03.